The smallest absolute Gasteiger partial charge is 0.220 e. The van der Waals surface area contributed by atoms with Gasteiger partial charge >= 0.3 is 0 Å². The van der Waals surface area contributed by atoms with E-state index in [2.05, 4.69) is 10.6 Å². The molecular formula is C16H28N2O. The summed E-state index contributed by atoms with van der Waals surface area (Å²) < 4.78 is 0. The van der Waals surface area contributed by atoms with E-state index in [-0.39, 0.29) is 5.91 Å². The highest BCUT2D eigenvalue weighted by Gasteiger charge is 2.34. The monoisotopic (exact) mass is 264 g/mol. The third-order valence-electron chi connectivity index (χ3n) is 4.96. The Hall–Kier alpha value is -0.570. The van der Waals surface area contributed by atoms with Gasteiger partial charge in [0.25, 0.3) is 0 Å². The van der Waals surface area contributed by atoms with Crippen molar-refractivity contribution in [3.63, 3.8) is 0 Å². The molecule has 0 bridgehead atoms. The van der Waals surface area contributed by atoms with E-state index in [9.17, 15) is 4.79 Å². The van der Waals surface area contributed by atoms with Crippen molar-refractivity contribution in [2.75, 3.05) is 6.54 Å². The zero-order valence-corrected chi connectivity index (χ0v) is 12.0. The van der Waals surface area contributed by atoms with Gasteiger partial charge in [0.2, 0.25) is 5.91 Å². The summed E-state index contributed by atoms with van der Waals surface area (Å²) in [6.45, 7) is 1.01. The molecule has 0 aromatic carbocycles. The molecular weight excluding hydrogens is 236 g/mol. The van der Waals surface area contributed by atoms with Crippen LogP contribution < -0.4 is 10.6 Å². The predicted octanol–water partition coefficient (Wildman–Crippen LogP) is 2.60. The fourth-order valence-corrected chi connectivity index (χ4v) is 3.49. The van der Waals surface area contributed by atoms with E-state index in [1.807, 2.05) is 0 Å². The Morgan fingerprint density at radius 3 is 2.53 bits per heavy atom. The van der Waals surface area contributed by atoms with Gasteiger partial charge < -0.3 is 10.6 Å². The van der Waals surface area contributed by atoms with Crippen molar-refractivity contribution in [3.05, 3.63) is 0 Å². The van der Waals surface area contributed by atoms with Gasteiger partial charge in [-0.15, -0.1) is 0 Å². The van der Waals surface area contributed by atoms with Gasteiger partial charge in [0.15, 0.2) is 0 Å². The van der Waals surface area contributed by atoms with Crippen molar-refractivity contribution >= 4 is 5.91 Å². The highest BCUT2D eigenvalue weighted by atomic mass is 16.1. The largest absolute Gasteiger partial charge is 0.353 e. The van der Waals surface area contributed by atoms with Gasteiger partial charge in [-0.25, -0.2) is 0 Å². The average Bonchev–Trinajstić information content (AvgIpc) is 3.27. The summed E-state index contributed by atoms with van der Waals surface area (Å²) in [7, 11) is 0. The molecule has 19 heavy (non-hydrogen) atoms. The zero-order chi connectivity index (χ0) is 13.1. The van der Waals surface area contributed by atoms with Crippen LogP contribution in [-0.4, -0.2) is 24.5 Å². The Morgan fingerprint density at radius 2 is 1.79 bits per heavy atom. The molecule has 3 saturated carbocycles. The quantitative estimate of drug-likeness (QED) is 0.694. The van der Waals surface area contributed by atoms with Gasteiger partial charge in [-0.3, -0.25) is 4.79 Å². The van der Waals surface area contributed by atoms with Crippen LogP contribution in [0.5, 0.6) is 0 Å². The molecule has 0 heterocycles. The number of carbonyl (C=O) groups is 1. The van der Waals surface area contributed by atoms with Crippen LogP contribution in [0.1, 0.15) is 64.2 Å². The SMILES string of the molecule is O=C(CCCNC1CCCC(C2CC2)C1)NC1CC1. The van der Waals surface area contributed by atoms with Crippen molar-refractivity contribution < 1.29 is 4.79 Å². The van der Waals surface area contributed by atoms with Crippen LogP contribution in [0.15, 0.2) is 0 Å². The second kappa shape index (κ2) is 6.25. The van der Waals surface area contributed by atoms with Gasteiger partial charge in [0.1, 0.15) is 0 Å². The summed E-state index contributed by atoms with van der Waals surface area (Å²) in [5.74, 6) is 2.32. The third kappa shape index (κ3) is 4.48. The normalized spacial score (nSPS) is 31.2. The molecule has 0 aliphatic heterocycles. The molecule has 0 saturated heterocycles. The lowest BCUT2D eigenvalue weighted by Crippen LogP contribution is -2.35. The molecule has 0 aromatic rings. The van der Waals surface area contributed by atoms with E-state index in [1.54, 1.807) is 0 Å². The Kier molecular flexibility index (Phi) is 4.42. The first-order chi connectivity index (χ1) is 9.31. The number of nitrogens with one attached hydrogen (secondary N) is 2. The van der Waals surface area contributed by atoms with Crippen molar-refractivity contribution in [2.24, 2.45) is 11.8 Å². The van der Waals surface area contributed by atoms with Crippen LogP contribution in [0.4, 0.5) is 0 Å². The molecule has 3 aliphatic rings. The summed E-state index contributed by atoms with van der Waals surface area (Å²) in [4.78, 5) is 11.6. The molecule has 2 unspecified atom stereocenters. The maximum absolute atomic E-state index is 11.6. The minimum Gasteiger partial charge on any atom is -0.353 e. The Balaban J connectivity index is 1.25. The number of carbonyl (C=O) groups excluding carboxylic acids is 1. The predicted molar refractivity (Wildman–Crippen MR) is 76.9 cm³/mol. The van der Waals surface area contributed by atoms with E-state index in [0.717, 1.165) is 30.8 Å². The molecule has 0 radical (unpaired) electrons. The first kappa shape index (κ1) is 13.4. The fraction of sp³-hybridized carbons (Fsp3) is 0.938. The number of hydrogen-bond donors (Lipinski definition) is 2. The van der Waals surface area contributed by atoms with Gasteiger partial charge in [-0.2, -0.15) is 0 Å². The molecule has 108 valence electrons. The average molecular weight is 264 g/mol. The first-order valence-corrected chi connectivity index (χ1v) is 8.34. The molecule has 2 N–H and O–H groups in total. The molecule has 3 nitrogen and oxygen atoms in total. The molecule has 1 amide bonds. The number of amides is 1. The van der Waals surface area contributed by atoms with Gasteiger partial charge in [0, 0.05) is 18.5 Å². The van der Waals surface area contributed by atoms with Crippen LogP contribution in [-0.2, 0) is 4.79 Å². The second-order valence-electron chi connectivity index (χ2n) is 6.86. The summed E-state index contributed by atoms with van der Waals surface area (Å²) in [6.07, 6.45) is 12.6. The topological polar surface area (TPSA) is 41.1 Å². The van der Waals surface area contributed by atoms with E-state index in [0.29, 0.717) is 12.5 Å². The van der Waals surface area contributed by atoms with Crippen LogP contribution >= 0.6 is 0 Å². The molecule has 0 spiro atoms. The second-order valence-corrected chi connectivity index (χ2v) is 6.86. The maximum atomic E-state index is 11.6. The van der Waals surface area contributed by atoms with E-state index >= 15 is 0 Å². The van der Waals surface area contributed by atoms with Crippen LogP contribution in [0.3, 0.4) is 0 Å². The van der Waals surface area contributed by atoms with E-state index in [1.165, 1.54) is 51.4 Å². The number of hydrogen-bond acceptors (Lipinski definition) is 2. The van der Waals surface area contributed by atoms with Crippen molar-refractivity contribution in [3.8, 4) is 0 Å². The Bertz CT molecular complexity index is 310. The van der Waals surface area contributed by atoms with Gasteiger partial charge in [-0.05, 0) is 63.3 Å². The molecule has 3 heteroatoms. The lowest BCUT2D eigenvalue weighted by Gasteiger charge is -2.30. The molecule has 0 aromatic heterocycles. The summed E-state index contributed by atoms with van der Waals surface area (Å²) in [6, 6.07) is 1.24. The molecule has 3 aliphatic carbocycles. The molecule has 2 atom stereocenters. The Labute approximate surface area is 116 Å². The zero-order valence-electron chi connectivity index (χ0n) is 12.0. The lowest BCUT2D eigenvalue weighted by molar-refractivity contribution is -0.121. The third-order valence-corrected chi connectivity index (χ3v) is 4.96. The van der Waals surface area contributed by atoms with Crippen molar-refractivity contribution in [1.29, 1.82) is 0 Å². The lowest BCUT2D eigenvalue weighted by atomic mass is 9.82. The molecule has 3 rings (SSSR count). The van der Waals surface area contributed by atoms with Gasteiger partial charge in [-0.1, -0.05) is 12.8 Å². The summed E-state index contributed by atoms with van der Waals surface area (Å²) in [5, 5.41) is 6.73. The van der Waals surface area contributed by atoms with E-state index in [4.69, 9.17) is 0 Å². The fourth-order valence-electron chi connectivity index (χ4n) is 3.49. The number of rotatable bonds is 7. The van der Waals surface area contributed by atoms with Crippen molar-refractivity contribution in [1.82, 2.24) is 10.6 Å². The van der Waals surface area contributed by atoms with Crippen LogP contribution in [0, 0.1) is 11.8 Å². The first-order valence-electron chi connectivity index (χ1n) is 8.34. The highest BCUT2D eigenvalue weighted by molar-refractivity contribution is 5.76. The van der Waals surface area contributed by atoms with E-state index < -0.39 is 0 Å². The minimum absolute atomic E-state index is 0.254. The maximum Gasteiger partial charge on any atom is 0.220 e. The van der Waals surface area contributed by atoms with Gasteiger partial charge in [0.05, 0.1) is 0 Å². The Morgan fingerprint density at radius 1 is 0.947 bits per heavy atom. The van der Waals surface area contributed by atoms with Crippen molar-refractivity contribution in [2.45, 2.75) is 76.3 Å². The van der Waals surface area contributed by atoms with Crippen LogP contribution in [0.2, 0.25) is 0 Å². The summed E-state index contributed by atoms with van der Waals surface area (Å²) >= 11 is 0. The minimum atomic E-state index is 0.254. The molecule has 3 fully saturated rings. The van der Waals surface area contributed by atoms with Crippen LogP contribution in [0.25, 0.3) is 0 Å². The summed E-state index contributed by atoms with van der Waals surface area (Å²) in [5.41, 5.74) is 0. The highest BCUT2D eigenvalue weighted by Crippen LogP contribution is 2.43. The standard InChI is InChI=1S/C16H28N2O/c19-16(18-14-8-9-14)5-2-10-17-15-4-1-3-13(11-15)12-6-7-12/h12-15,17H,1-11H2,(H,18,19).